The van der Waals surface area contributed by atoms with Crippen LogP contribution in [0, 0.1) is 0 Å². The zero-order chi connectivity index (χ0) is 22.0. The van der Waals surface area contributed by atoms with Crippen LogP contribution in [0.5, 0.6) is 5.75 Å². The number of methoxy groups -OCH3 is 1. The molecule has 2 heterocycles. The van der Waals surface area contributed by atoms with Crippen molar-refractivity contribution < 1.29 is 9.53 Å². The molecule has 0 N–H and O–H groups in total. The maximum atomic E-state index is 12.8. The first kappa shape index (κ1) is 21.6. The van der Waals surface area contributed by atoms with Crippen molar-refractivity contribution >= 4 is 45.9 Å². The van der Waals surface area contributed by atoms with E-state index in [0.717, 1.165) is 40.3 Å². The van der Waals surface area contributed by atoms with Gasteiger partial charge in [-0.3, -0.25) is 9.59 Å². The fourth-order valence-corrected chi connectivity index (χ4v) is 4.89. The molecular weight excluding hydrogens is 434 g/mol. The van der Waals surface area contributed by atoms with E-state index in [9.17, 15) is 9.59 Å². The lowest BCUT2D eigenvalue weighted by atomic mass is 10.2. The normalized spacial score (nSPS) is 14.2. The minimum atomic E-state index is -0.113. The molecule has 0 atom stereocenters. The van der Waals surface area contributed by atoms with Crippen molar-refractivity contribution in [1.82, 2.24) is 9.47 Å². The van der Waals surface area contributed by atoms with Gasteiger partial charge in [-0.05, 0) is 36.4 Å². The van der Waals surface area contributed by atoms with Gasteiger partial charge in [0.1, 0.15) is 5.75 Å². The Morgan fingerprint density at radius 3 is 2.45 bits per heavy atom. The smallest absolute Gasteiger partial charge is 0.251 e. The van der Waals surface area contributed by atoms with Crippen molar-refractivity contribution in [3.05, 3.63) is 63.9 Å². The number of pyridine rings is 1. The van der Waals surface area contributed by atoms with Gasteiger partial charge >= 0.3 is 0 Å². The summed E-state index contributed by atoms with van der Waals surface area (Å²) in [6, 6.07) is 15.1. The highest BCUT2D eigenvalue weighted by molar-refractivity contribution is 8.00. The average Bonchev–Trinajstić information content (AvgIpc) is 2.80. The molecule has 0 bridgehead atoms. The van der Waals surface area contributed by atoms with Crippen molar-refractivity contribution in [3.8, 4) is 5.75 Å². The number of hydrogen-bond acceptors (Lipinski definition) is 5. The van der Waals surface area contributed by atoms with Crippen LogP contribution in [0.2, 0.25) is 5.02 Å². The van der Waals surface area contributed by atoms with Gasteiger partial charge in [-0.1, -0.05) is 17.7 Å². The Labute approximate surface area is 190 Å². The van der Waals surface area contributed by atoms with Crippen molar-refractivity contribution in [2.45, 2.75) is 4.90 Å². The van der Waals surface area contributed by atoms with E-state index >= 15 is 0 Å². The van der Waals surface area contributed by atoms with Gasteiger partial charge < -0.3 is 19.1 Å². The number of anilines is 1. The fraction of sp³-hybridized carbons (Fsp3) is 0.304. The van der Waals surface area contributed by atoms with E-state index in [4.69, 9.17) is 16.3 Å². The number of thioether (sulfide) groups is 1. The Hall–Kier alpha value is -2.64. The molecule has 8 heteroatoms. The van der Waals surface area contributed by atoms with E-state index in [2.05, 4.69) is 4.90 Å². The Balaban J connectivity index is 1.39. The van der Waals surface area contributed by atoms with Gasteiger partial charge in [0.15, 0.2) is 0 Å². The van der Waals surface area contributed by atoms with Crippen molar-refractivity contribution in [3.63, 3.8) is 0 Å². The number of aromatic nitrogens is 1. The molecule has 31 heavy (non-hydrogen) atoms. The molecule has 0 unspecified atom stereocenters. The third-order valence-electron chi connectivity index (χ3n) is 5.59. The van der Waals surface area contributed by atoms with Gasteiger partial charge in [0, 0.05) is 60.3 Å². The number of fused-ring (bicyclic) bond motifs is 1. The van der Waals surface area contributed by atoms with Crippen LogP contribution in [-0.4, -0.2) is 54.4 Å². The number of ether oxygens (including phenoxy) is 1. The summed E-state index contributed by atoms with van der Waals surface area (Å²) < 4.78 is 6.79. The summed E-state index contributed by atoms with van der Waals surface area (Å²) in [5, 5.41) is 1.50. The van der Waals surface area contributed by atoms with Crippen LogP contribution in [0.15, 0.2) is 58.2 Å². The maximum absolute atomic E-state index is 12.8. The number of amides is 1. The summed E-state index contributed by atoms with van der Waals surface area (Å²) in [7, 11) is 3.38. The molecular formula is C23H24ClN3O3S. The van der Waals surface area contributed by atoms with E-state index in [-0.39, 0.29) is 11.5 Å². The van der Waals surface area contributed by atoms with E-state index in [1.807, 2.05) is 35.2 Å². The first-order valence-electron chi connectivity index (χ1n) is 10.0. The molecule has 1 amide bonds. The van der Waals surface area contributed by atoms with Crippen molar-refractivity contribution in [1.29, 1.82) is 0 Å². The topological polar surface area (TPSA) is 54.8 Å². The summed E-state index contributed by atoms with van der Waals surface area (Å²) in [6.45, 7) is 2.93. The van der Waals surface area contributed by atoms with Crippen LogP contribution in [0.4, 0.5) is 5.69 Å². The van der Waals surface area contributed by atoms with E-state index in [1.54, 1.807) is 36.9 Å². The molecule has 0 radical (unpaired) electrons. The highest BCUT2D eigenvalue weighted by Gasteiger charge is 2.22. The predicted octanol–water partition coefficient (Wildman–Crippen LogP) is 3.64. The molecule has 6 nitrogen and oxygen atoms in total. The Morgan fingerprint density at radius 1 is 1.06 bits per heavy atom. The van der Waals surface area contributed by atoms with Crippen LogP contribution in [0.25, 0.3) is 10.9 Å². The monoisotopic (exact) mass is 457 g/mol. The average molecular weight is 458 g/mol. The van der Waals surface area contributed by atoms with Crippen LogP contribution in [0.1, 0.15) is 0 Å². The largest absolute Gasteiger partial charge is 0.497 e. The second-order valence-electron chi connectivity index (χ2n) is 7.42. The minimum Gasteiger partial charge on any atom is -0.497 e. The van der Waals surface area contributed by atoms with Gasteiger partial charge in [0.25, 0.3) is 5.56 Å². The standard InChI is InChI=1S/C23H24ClN3O3S/c1-25-20-13-16(24)3-8-19(20)21(14-22(25)28)31-15-23(29)27-11-9-26(10-12-27)17-4-6-18(30-2)7-5-17/h3-8,13-14H,9-12,15H2,1-2H3. The number of carbonyl (C=O) groups excluding carboxylic acids is 1. The van der Waals surface area contributed by atoms with Crippen LogP contribution in [-0.2, 0) is 11.8 Å². The van der Waals surface area contributed by atoms with Gasteiger partial charge in [0.05, 0.1) is 18.4 Å². The van der Waals surface area contributed by atoms with E-state index < -0.39 is 0 Å². The number of aryl methyl sites for hydroxylation is 1. The second-order valence-corrected chi connectivity index (χ2v) is 8.88. The van der Waals surface area contributed by atoms with Gasteiger partial charge in [-0.25, -0.2) is 0 Å². The number of benzene rings is 2. The number of piperazine rings is 1. The molecule has 3 aromatic rings. The van der Waals surface area contributed by atoms with Crippen LogP contribution >= 0.6 is 23.4 Å². The summed E-state index contributed by atoms with van der Waals surface area (Å²) in [6.07, 6.45) is 0. The zero-order valence-corrected chi connectivity index (χ0v) is 19.1. The molecule has 1 saturated heterocycles. The molecule has 162 valence electrons. The highest BCUT2D eigenvalue weighted by Crippen LogP contribution is 2.28. The molecule has 2 aromatic carbocycles. The van der Waals surface area contributed by atoms with E-state index in [1.165, 1.54) is 11.8 Å². The lowest BCUT2D eigenvalue weighted by molar-refractivity contribution is -0.128. The van der Waals surface area contributed by atoms with Crippen LogP contribution in [0.3, 0.4) is 0 Å². The molecule has 0 aliphatic carbocycles. The molecule has 1 aliphatic heterocycles. The van der Waals surface area contributed by atoms with E-state index in [0.29, 0.717) is 23.9 Å². The first-order valence-corrected chi connectivity index (χ1v) is 11.4. The summed E-state index contributed by atoms with van der Waals surface area (Å²) >= 11 is 7.51. The molecule has 1 fully saturated rings. The number of carbonyl (C=O) groups is 1. The quantitative estimate of drug-likeness (QED) is 0.547. The lowest BCUT2D eigenvalue weighted by Gasteiger charge is -2.36. The number of nitrogens with zero attached hydrogens (tertiary/aromatic N) is 3. The molecule has 1 aromatic heterocycles. The lowest BCUT2D eigenvalue weighted by Crippen LogP contribution is -2.49. The molecule has 1 aliphatic rings. The highest BCUT2D eigenvalue weighted by atomic mass is 35.5. The van der Waals surface area contributed by atoms with Crippen LogP contribution < -0.4 is 15.2 Å². The number of halogens is 1. The van der Waals surface area contributed by atoms with Gasteiger partial charge in [0.2, 0.25) is 5.91 Å². The fourth-order valence-electron chi connectivity index (χ4n) is 3.75. The van der Waals surface area contributed by atoms with Gasteiger partial charge in [-0.2, -0.15) is 0 Å². The summed E-state index contributed by atoms with van der Waals surface area (Å²) in [4.78, 5) is 30.1. The van der Waals surface area contributed by atoms with Gasteiger partial charge in [-0.15, -0.1) is 11.8 Å². The van der Waals surface area contributed by atoms with Crippen molar-refractivity contribution in [2.75, 3.05) is 43.9 Å². The third-order valence-corrected chi connectivity index (χ3v) is 6.87. The Kier molecular flexibility index (Phi) is 6.43. The van der Waals surface area contributed by atoms with Crippen molar-refractivity contribution in [2.24, 2.45) is 7.05 Å². The SMILES string of the molecule is COc1ccc(N2CCN(C(=O)CSc3cc(=O)n(C)c4cc(Cl)ccc34)CC2)cc1. The number of rotatable bonds is 5. The Morgan fingerprint density at radius 2 is 1.77 bits per heavy atom. The maximum Gasteiger partial charge on any atom is 0.251 e. The Bertz CT molecular complexity index is 1160. The first-order chi connectivity index (χ1) is 15.0. The molecule has 0 saturated carbocycles. The molecule has 4 rings (SSSR count). The second kappa shape index (κ2) is 9.24. The minimum absolute atomic E-state index is 0.0853. The molecule has 0 spiro atoms. The number of hydrogen-bond donors (Lipinski definition) is 0. The zero-order valence-electron chi connectivity index (χ0n) is 17.5. The predicted molar refractivity (Wildman–Crippen MR) is 127 cm³/mol. The summed E-state index contributed by atoms with van der Waals surface area (Å²) in [5.74, 6) is 1.22. The third kappa shape index (κ3) is 4.67. The summed E-state index contributed by atoms with van der Waals surface area (Å²) in [5.41, 5.74) is 1.79.